The second-order valence-corrected chi connectivity index (χ2v) is 11.1. The Morgan fingerprint density at radius 3 is 2.41 bits per heavy atom. The molecule has 3 aliphatic heterocycles. The molecule has 3 fully saturated rings. The highest BCUT2D eigenvalue weighted by molar-refractivity contribution is 8.00. The minimum Gasteiger partial charge on any atom is -0.477 e. The van der Waals surface area contributed by atoms with Crippen molar-refractivity contribution in [1.82, 2.24) is 14.4 Å². The molecular formula is C25H25FN4O6S. The molecule has 0 radical (unpaired) electrons. The first-order valence-electron chi connectivity index (χ1n) is 12.2. The second kappa shape index (κ2) is 8.88. The Balaban J connectivity index is 1.24. The van der Waals surface area contributed by atoms with Gasteiger partial charge in [-0.2, -0.15) is 0 Å². The van der Waals surface area contributed by atoms with Crippen LogP contribution in [0.5, 0.6) is 0 Å². The lowest BCUT2D eigenvalue weighted by Gasteiger charge is -2.45. The summed E-state index contributed by atoms with van der Waals surface area (Å²) in [6.07, 6.45) is 3.49. The van der Waals surface area contributed by atoms with Crippen molar-refractivity contribution in [2.75, 3.05) is 43.4 Å². The van der Waals surface area contributed by atoms with Crippen molar-refractivity contribution in [3.8, 4) is 0 Å². The topological polar surface area (TPSA) is 123 Å². The van der Waals surface area contributed by atoms with Crippen molar-refractivity contribution in [3.63, 3.8) is 0 Å². The number of rotatable bonds is 6. The normalized spacial score (nSPS) is 22.3. The van der Waals surface area contributed by atoms with Crippen LogP contribution in [-0.4, -0.2) is 86.3 Å². The van der Waals surface area contributed by atoms with Gasteiger partial charge in [0, 0.05) is 56.1 Å². The second-order valence-electron chi connectivity index (χ2n) is 9.89. The fourth-order valence-electron chi connectivity index (χ4n) is 5.42. The first-order chi connectivity index (χ1) is 17.7. The average Bonchev–Trinajstić information content (AvgIpc) is 3.70. The molecule has 1 saturated carbocycles. The highest BCUT2D eigenvalue weighted by Gasteiger charge is 2.45. The van der Waals surface area contributed by atoms with Crippen molar-refractivity contribution < 1.29 is 29.0 Å². The van der Waals surface area contributed by atoms with E-state index in [9.17, 15) is 29.4 Å². The highest BCUT2D eigenvalue weighted by atomic mass is 32.2. The summed E-state index contributed by atoms with van der Waals surface area (Å²) >= 11 is 1.58. The van der Waals surface area contributed by atoms with E-state index in [1.54, 1.807) is 22.4 Å². The van der Waals surface area contributed by atoms with Gasteiger partial charge in [-0.15, -0.1) is 11.8 Å². The number of piperazine rings is 1. The number of aromatic carboxylic acids is 1. The van der Waals surface area contributed by atoms with Crippen LogP contribution in [0.1, 0.15) is 35.7 Å². The molecule has 194 valence electrons. The molecule has 1 unspecified atom stereocenters. The number of aromatic nitrogens is 1. The van der Waals surface area contributed by atoms with Crippen molar-refractivity contribution in [1.29, 1.82) is 0 Å². The Labute approximate surface area is 214 Å². The molecule has 4 aliphatic rings. The molecule has 4 heterocycles. The summed E-state index contributed by atoms with van der Waals surface area (Å²) in [5, 5.41) is 19.1. The lowest BCUT2D eigenvalue weighted by atomic mass is 10.1. The maximum atomic E-state index is 15.2. The zero-order valence-electron chi connectivity index (χ0n) is 19.9. The molecule has 0 spiro atoms. The Hall–Kier alpha value is -3.38. The number of hydrogen-bond acceptors (Lipinski definition) is 7. The molecule has 2 saturated heterocycles. The van der Waals surface area contributed by atoms with Crippen molar-refractivity contribution in [2.24, 2.45) is 0 Å². The van der Waals surface area contributed by atoms with E-state index >= 15 is 4.39 Å². The van der Waals surface area contributed by atoms with Crippen LogP contribution < -0.4 is 10.3 Å². The Morgan fingerprint density at radius 1 is 1.05 bits per heavy atom. The van der Waals surface area contributed by atoms with Gasteiger partial charge in [-0.3, -0.25) is 19.4 Å². The number of amides is 1. The van der Waals surface area contributed by atoms with Crippen molar-refractivity contribution in [3.05, 3.63) is 51.2 Å². The standard InChI is InChI=1S/C25H25FN4O6S/c26-17-7-15-18(29(14-1-2-14)11-16(23(15)32)24(33)34)8-19(17)28-5-3-27(4-6-28)10-13-12-37-21-9-20(31)30(21)22(13)25(35)36/h7-8,11,14,21H,1-6,9-10,12H2,(H,33,34)(H,35,36). The SMILES string of the molecule is O=C(O)C1=C(CN2CCN(c3cc4c(cc3F)c(=O)c(C(=O)O)cn4C3CC3)CC2)CSC2CC(=O)N12. The monoisotopic (exact) mass is 528 g/mol. The summed E-state index contributed by atoms with van der Waals surface area (Å²) in [4.78, 5) is 53.6. The number of carbonyl (C=O) groups excluding carboxylic acids is 1. The van der Waals surface area contributed by atoms with Gasteiger partial charge in [-0.25, -0.2) is 14.0 Å². The molecule has 1 atom stereocenters. The zero-order valence-corrected chi connectivity index (χ0v) is 20.7. The number of pyridine rings is 1. The van der Waals surface area contributed by atoms with Crippen LogP contribution in [-0.2, 0) is 9.59 Å². The van der Waals surface area contributed by atoms with Crippen LogP contribution in [0.25, 0.3) is 10.9 Å². The fourth-order valence-corrected chi connectivity index (χ4v) is 6.68. The predicted octanol–water partition coefficient (Wildman–Crippen LogP) is 1.94. The Kier molecular flexibility index (Phi) is 5.75. The number of hydrogen-bond donors (Lipinski definition) is 2. The maximum Gasteiger partial charge on any atom is 0.352 e. The quantitative estimate of drug-likeness (QED) is 0.542. The van der Waals surface area contributed by atoms with Gasteiger partial charge in [0.1, 0.15) is 17.1 Å². The smallest absolute Gasteiger partial charge is 0.352 e. The summed E-state index contributed by atoms with van der Waals surface area (Å²) in [5.41, 5.74) is 0.654. The summed E-state index contributed by atoms with van der Waals surface area (Å²) in [5.74, 6) is -2.59. The third kappa shape index (κ3) is 4.08. The van der Waals surface area contributed by atoms with E-state index in [0.717, 1.165) is 24.5 Å². The molecule has 2 aromatic rings. The van der Waals surface area contributed by atoms with Gasteiger partial charge in [-0.1, -0.05) is 0 Å². The Morgan fingerprint density at radius 2 is 1.78 bits per heavy atom. The van der Waals surface area contributed by atoms with Gasteiger partial charge >= 0.3 is 11.9 Å². The molecule has 37 heavy (non-hydrogen) atoms. The van der Waals surface area contributed by atoms with E-state index in [4.69, 9.17) is 0 Å². The fraction of sp³-hybridized carbons (Fsp3) is 0.440. The number of carboxylic acids is 2. The molecule has 1 aromatic carbocycles. The van der Waals surface area contributed by atoms with E-state index in [-0.39, 0.29) is 34.0 Å². The number of carboxylic acid groups (broad SMARTS) is 2. The van der Waals surface area contributed by atoms with Gasteiger partial charge in [-0.05, 0) is 30.5 Å². The summed E-state index contributed by atoms with van der Waals surface area (Å²) in [6.45, 7) is 2.57. The van der Waals surface area contributed by atoms with Gasteiger partial charge in [0.05, 0.1) is 23.0 Å². The third-order valence-corrected chi connectivity index (χ3v) is 8.81. The number of aliphatic carboxylic acids is 1. The highest BCUT2D eigenvalue weighted by Crippen LogP contribution is 2.40. The molecule has 10 nitrogen and oxygen atoms in total. The van der Waals surface area contributed by atoms with E-state index in [0.29, 0.717) is 56.1 Å². The van der Waals surface area contributed by atoms with Crippen LogP contribution in [0.15, 0.2) is 34.4 Å². The number of thioether (sulfide) groups is 1. The number of carbonyl (C=O) groups is 3. The predicted molar refractivity (Wildman–Crippen MR) is 134 cm³/mol. The maximum absolute atomic E-state index is 15.2. The summed E-state index contributed by atoms with van der Waals surface area (Å²) < 4.78 is 17.0. The number of halogens is 1. The molecule has 6 rings (SSSR count). The van der Waals surface area contributed by atoms with Gasteiger partial charge in [0.25, 0.3) is 0 Å². The first-order valence-corrected chi connectivity index (χ1v) is 13.3. The molecule has 1 aromatic heterocycles. The minimum absolute atomic E-state index is 0.0634. The number of benzene rings is 1. The van der Waals surface area contributed by atoms with Gasteiger partial charge in [0.2, 0.25) is 11.3 Å². The molecule has 2 N–H and O–H groups in total. The van der Waals surface area contributed by atoms with Crippen LogP contribution in [0.2, 0.25) is 0 Å². The number of nitrogens with zero attached hydrogens (tertiary/aromatic N) is 4. The van der Waals surface area contributed by atoms with Gasteiger partial charge in [0.15, 0.2) is 0 Å². The van der Waals surface area contributed by atoms with Crippen LogP contribution >= 0.6 is 11.8 Å². The van der Waals surface area contributed by atoms with Crippen molar-refractivity contribution >= 4 is 46.2 Å². The zero-order chi connectivity index (χ0) is 26.0. The minimum atomic E-state index is -1.33. The van der Waals surface area contributed by atoms with Gasteiger partial charge < -0.3 is 19.7 Å². The molecular weight excluding hydrogens is 503 g/mol. The number of β-lactam (4-membered cyclic amide) rings is 1. The van der Waals surface area contributed by atoms with E-state index in [1.165, 1.54) is 11.1 Å². The molecule has 1 amide bonds. The first kappa shape index (κ1) is 24.0. The van der Waals surface area contributed by atoms with Crippen molar-refractivity contribution in [2.45, 2.75) is 30.7 Å². The Bertz CT molecular complexity index is 1440. The van der Waals surface area contributed by atoms with Crippen LogP contribution in [0, 0.1) is 5.82 Å². The average molecular weight is 529 g/mol. The number of anilines is 1. The molecule has 0 bridgehead atoms. The van der Waals surface area contributed by atoms with E-state index < -0.39 is 23.2 Å². The third-order valence-electron chi connectivity index (χ3n) is 7.53. The number of fused-ring (bicyclic) bond motifs is 2. The molecule has 12 heteroatoms. The molecule has 1 aliphatic carbocycles. The van der Waals surface area contributed by atoms with E-state index in [2.05, 4.69) is 4.90 Å². The van der Waals surface area contributed by atoms with E-state index in [1.807, 2.05) is 4.90 Å². The van der Waals surface area contributed by atoms with Crippen LogP contribution in [0.4, 0.5) is 10.1 Å². The van der Waals surface area contributed by atoms with Crippen LogP contribution in [0.3, 0.4) is 0 Å². The lowest BCUT2D eigenvalue weighted by Crippen LogP contribution is -2.55. The largest absolute Gasteiger partial charge is 0.477 e. The lowest BCUT2D eigenvalue weighted by molar-refractivity contribution is -0.146. The summed E-state index contributed by atoms with van der Waals surface area (Å²) in [7, 11) is 0. The summed E-state index contributed by atoms with van der Waals surface area (Å²) in [6, 6.07) is 2.89.